The summed E-state index contributed by atoms with van der Waals surface area (Å²) in [6, 6.07) is 12.1. The number of ether oxygens (including phenoxy) is 2. The van der Waals surface area contributed by atoms with Crippen molar-refractivity contribution in [3.63, 3.8) is 0 Å². The van der Waals surface area contributed by atoms with Gasteiger partial charge in [-0.25, -0.2) is 0 Å². The number of anilines is 1. The zero-order valence-electron chi connectivity index (χ0n) is 11.5. The number of amides is 1. The highest BCUT2D eigenvalue weighted by Crippen LogP contribution is 2.31. The van der Waals surface area contributed by atoms with Crippen molar-refractivity contribution < 1.29 is 19.1 Å². The van der Waals surface area contributed by atoms with Gasteiger partial charge in [-0.2, -0.15) is 0 Å². The number of fused-ring (bicyclic) bond motifs is 1. The molecule has 0 saturated carbocycles. The van der Waals surface area contributed by atoms with Crippen LogP contribution in [0.5, 0.6) is 11.5 Å². The molecule has 0 unspecified atom stereocenters. The van der Waals surface area contributed by atoms with Crippen molar-refractivity contribution in [2.45, 2.75) is 0 Å². The Morgan fingerprint density at radius 3 is 2.77 bits per heavy atom. The Kier molecular flexibility index (Phi) is 4.11. The molecule has 0 atom stereocenters. The van der Waals surface area contributed by atoms with Crippen LogP contribution >= 0.6 is 15.9 Å². The minimum absolute atomic E-state index is 0.00918. The minimum atomic E-state index is -0.212. The fourth-order valence-corrected chi connectivity index (χ4v) is 2.28. The van der Waals surface area contributed by atoms with Crippen molar-refractivity contribution in [1.82, 2.24) is 0 Å². The lowest BCUT2D eigenvalue weighted by molar-refractivity contribution is -0.118. The van der Waals surface area contributed by atoms with Gasteiger partial charge >= 0.3 is 0 Å². The van der Waals surface area contributed by atoms with Crippen LogP contribution in [0.15, 0.2) is 46.9 Å². The summed E-state index contributed by atoms with van der Waals surface area (Å²) in [7, 11) is 0. The van der Waals surface area contributed by atoms with E-state index in [1.807, 2.05) is 0 Å². The van der Waals surface area contributed by atoms with Gasteiger partial charge in [0.05, 0.1) is 5.69 Å². The zero-order valence-corrected chi connectivity index (χ0v) is 13.1. The van der Waals surface area contributed by atoms with Crippen molar-refractivity contribution in [3.05, 3.63) is 52.5 Å². The summed E-state index contributed by atoms with van der Waals surface area (Å²) < 4.78 is 11.7. The van der Waals surface area contributed by atoms with Gasteiger partial charge in [-0.05, 0) is 24.3 Å². The van der Waals surface area contributed by atoms with Crippen LogP contribution in [-0.4, -0.2) is 24.9 Å². The Labute approximate surface area is 135 Å². The first-order chi connectivity index (χ1) is 10.6. The van der Waals surface area contributed by atoms with Gasteiger partial charge in [0.1, 0.15) is 11.5 Å². The lowest BCUT2D eigenvalue weighted by Gasteiger charge is -2.18. The second-order valence-corrected chi connectivity index (χ2v) is 5.63. The van der Waals surface area contributed by atoms with E-state index in [1.54, 1.807) is 42.5 Å². The Bertz CT molecular complexity index is 727. The van der Waals surface area contributed by atoms with Crippen LogP contribution in [0.25, 0.3) is 0 Å². The number of carbonyl (C=O) groups excluding carboxylic acids is 2. The van der Waals surface area contributed by atoms with Gasteiger partial charge in [-0.15, -0.1) is 0 Å². The molecular weight excluding hydrogens is 350 g/mol. The normalized spacial score (nSPS) is 12.9. The van der Waals surface area contributed by atoms with Crippen molar-refractivity contribution in [2.24, 2.45) is 0 Å². The van der Waals surface area contributed by atoms with Gasteiger partial charge in [0.15, 0.2) is 19.0 Å². The second-order valence-electron chi connectivity index (χ2n) is 4.71. The molecule has 0 spiro atoms. The zero-order chi connectivity index (χ0) is 15.5. The number of hydrogen-bond donors (Lipinski definition) is 1. The average Bonchev–Trinajstić information content (AvgIpc) is 2.53. The summed E-state index contributed by atoms with van der Waals surface area (Å²) in [5, 5.41) is 2.69. The first-order valence-corrected chi connectivity index (χ1v) is 7.39. The summed E-state index contributed by atoms with van der Waals surface area (Å²) in [6.45, 7) is -0.0650. The predicted octanol–water partition coefficient (Wildman–Crippen LogP) is 3.04. The Morgan fingerprint density at radius 2 is 2.00 bits per heavy atom. The quantitative estimate of drug-likeness (QED) is 0.850. The van der Waals surface area contributed by atoms with Gasteiger partial charge in [0.25, 0.3) is 5.91 Å². The van der Waals surface area contributed by atoms with E-state index in [9.17, 15) is 9.59 Å². The number of ketones is 1. The van der Waals surface area contributed by atoms with Crippen molar-refractivity contribution in [2.75, 3.05) is 18.5 Å². The van der Waals surface area contributed by atoms with E-state index < -0.39 is 0 Å². The summed E-state index contributed by atoms with van der Waals surface area (Å²) in [5.74, 6) is 0.752. The largest absolute Gasteiger partial charge is 0.485 e. The molecule has 22 heavy (non-hydrogen) atoms. The molecule has 1 amide bonds. The predicted molar refractivity (Wildman–Crippen MR) is 84.5 cm³/mol. The summed E-state index contributed by atoms with van der Waals surface area (Å²) >= 11 is 3.32. The van der Waals surface area contributed by atoms with Gasteiger partial charge < -0.3 is 14.8 Å². The van der Waals surface area contributed by atoms with E-state index in [0.717, 1.165) is 4.47 Å². The molecule has 0 bridgehead atoms. The van der Waals surface area contributed by atoms with E-state index in [-0.39, 0.29) is 24.9 Å². The highest BCUT2D eigenvalue weighted by atomic mass is 79.9. The van der Waals surface area contributed by atoms with Crippen molar-refractivity contribution in [3.8, 4) is 11.5 Å². The first-order valence-electron chi connectivity index (χ1n) is 6.60. The Morgan fingerprint density at radius 1 is 1.23 bits per heavy atom. The Balaban J connectivity index is 1.66. The van der Waals surface area contributed by atoms with Gasteiger partial charge in [-0.1, -0.05) is 28.1 Å². The third-order valence-electron chi connectivity index (χ3n) is 3.12. The summed E-state index contributed by atoms with van der Waals surface area (Å²) in [5.41, 5.74) is 1.13. The number of halogens is 1. The van der Waals surface area contributed by atoms with Crippen LogP contribution in [-0.2, 0) is 4.79 Å². The average molecular weight is 362 g/mol. The molecule has 0 aromatic heterocycles. The number of nitrogens with one attached hydrogen (secondary N) is 1. The Hall–Kier alpha value is -2.34. The first kappa shape index (κ1) is 14.6. The monoisotopic (exact) mass is 361 g/mol. The SMILES string of the molecule is O=C1COc2ccc(OCC(=O)c3ccc(Br)cc3)cc2N1. The molecule has 1 N–H and O–H groups in total. The molecule has 1 aliphatic rings. The number of benzene rings is 2. The lowest BCUT2D eigenvalue weighted by Crippen LogP contribution is -2.25. The van der Waals surface area contributed by atoms with Gasteiger partial charge in [0, 0.05) is 16.1 Å². The third-order valence-corrected chi connectivity index (χ3v) is 3.65. The van der Waals surface area contributed by atoms with E-state index in [2.05, 4.69) is 21.2 Å². The second kappa shape index (κ2) is 6.19. The van der Waals surface area contributed by atoms with E-state index in [0.29, 0.717) is 22.7 Å². The molecule has 3 rings (SSSR count). The van der Waals surface area contributed by atoms with Crippen LogP contribution in [0.4, 0.5) is 5.69 Å². The third kappa shape index (κ3) is 3.28. The number of rotatable bonds is 4. The summed E-state index contributed by atoms with van der Waals surface area (Å²) in [6.07, 6.45) is 0. The molecule has 0 saturated heterocycles. The molecule has 1 heterocycles. The highest BCUT2D eigenvalue weighted by Gasteiger charge is 2.16. The van der Waals surface area contributed by atoms with Crippen LogP contribution in [0.3, 0.4) is 0 Å². The molecule has 5 nitrogen and oxygen atoms in total. The van der Waals surface area contributed by atoms with Crippen LogP contribution < -0.4 is 14.8 Å². The van der Waals surface area contributed by atoms with Crippen LogP contribution in [0.2, 0.25) is 0 Å². The fraction of sp³-hybridized carbons (Fsp3) is 0.125. The molecule has 1 aliphatic heterocycles. The van der Waals surface area contributed by atoms with Crippen molar-refractivity contribution >= 4 is 33.3 Å². The van der Waals surface area contributed by atoms with Gasteiger partial charge in [-0.3, -0.25) is 9.59 Å². The van der Waals surface area contributed by atoms with Crippen LogP contribution in [0.1, 0.15) is 10.4 Å². The fourth-order valence-electron chi connectivity index (χ4n) is 2.02. The highest BCUT2D eigenvalue weighted by molar-refractivity contribution is 9.10. The molecule has 6 heteroatoms. The van der Waals surface area contributed by atoms with E-state index >= 15 is 0 Å². The van der Waals surface area contributed by atoms with Gasteiger partial charge in [0.2, 0.25) is 0 Å². The molecule has 2 aromatic rings. The maximum Gasteiger partial charge on any atom is 0.262 e. The van der Waals surface area contributed by atoms with E-state index in [1.165, 1.54) is 0 Å². The molecule has 112 valence electrons. The van der Waals surface area contributed by atoms with E-state index in [4.69, 9.17) is 9.47 Å². The van der Waals surface area contributed by atoms with Crippen LogP contribution in [0, 0.1) is 0 Å². The molecule has 0 radical (unpaired) electrons. The molecule has 2 aromatic carbocycles. The molecular formula is C16H12BrNO4. The minimum Gasteiger partial charge on any atom is -0.485 e. The van der Waals surface area contributed by atoms with Crippen molar-refractivity contribution in [1.29, 1.82) is 0 Å². The molecule has 0 aliphatic carbocycles. The lowest BCUT2D eigenvalue weighted by atomic mass is 10.1. The number of hydrogen-bond acceptors (Lipinski definition) is 4. The maximum atomic E-state index is 12.0. The topological polar surface area (TPSA) is 64.6 Å². The summed E-state index contributed by atoms with van der Waals surface area (Å²) in [4.78, 5) is 23.3. The number of carbonyl (C=O) groups is 2. The standard InChI is InChI=1S/C16H12BrNO4/c17-11-3-1-10(2-4-11)14(19)8-21-12-5-6-15-13(7-12)18-16(20)9-22-15/h1-7H,8-9H2,(H,18,20). The maximum absolute atomic E-state index is 12.0. The number of Topliss-reactive ketones (excluding diaryl/α,β-unsaturated/α-hetero) is 1. The smallest absolute Gasteiger partial charge is 0.262 e. The molecule has 0 fully saturated rings.